The second-order valence-electron chi connectivity index (χ2n) is 5.82. The van der Waals surface area contributed by atoms with Crippen LogP contribution >= 0.6 is 0 Å². The number of nitrogens with one attached hydrogen (secondary N) is 1. The van der Waals surface area contributed by atoms with E-state index in [0.717, 1.165) is 16.8 Å². The van der Waals surface area contributed by atoms with Crippen molar-refractivity contribution < 1.29 is 13.7 Å². The van der Waals surface area contributed by atoms with Crippen molar-refractivity contribution in [3.63, 3.8) is 0 Å². The highest BCUT2D eigenvalue weighted by Crippen LogP contribution is 2.22. The average Bonchev–Trinajstić information content (AvgIpc) is 2.77. The molecular weight excluding hydrogens is 283 g/mol. The summed E-state index contributed by atoms with van der Waals surface area (Å²) in [5, 5.41) is 6.87. The molecule has 0 saturated heterocycles. The Morgan fingerprint density at radius 3 is 2.41 bits per heavy atom. The molecule has 1 atom stereocenters. The van der Waals surface area contributed by atoms with Gasteiger partial charge in [0, 0.05) is 5.56 Å². The number of aromatic nitrogens is 1. The first-order chi connectivity index (χ1) is 10.4. The zero-order valence-electron chi connectivity index (χ0n) is 13.3. The third-order valence-corrected chi connectivity index (χ3v) is 3.73. The van der Waals surface area contributed by atoms with Crippen molar-refractivity contribution in [3.8, 4) is 0 Å². The van der Waals surface area contributed by atoms with E-state index in [2.05, 4.69) is 10.5 Å². The molecule has 1 heterocycles. The van der Waals surface area contributed by atoms with Crippen molar-refractivity contribution in [3.05, 3.63) is 52.7 Å². The van der Waals surface area contributed by atoms with Gasteiger partial charge in [0.15, 0.2) is 0 Å². The molecule has 22 heavy (non-hydrogen) atoms. The Balaban J connectivity index is 2.11. The van der Waals surface area contributed by atoms with E-state index in [4.69, 9.17) is 4.52 Å². The lowest BCUT2D eigenvalue weighted by Gasteiger charge is -2.23. The third-order valence-electron chi connectivity index (χ3n) is 3.73. The molecule has 0 spiro atoms. The van der Waals surface area contributed by atoms with Crippen molar-refractivity contribution in [1.82, 2.24) is 10.5 Å². The Bertz CT molecular complexity index is 628. The predicted molar refractivity (Wildman–Crippen MR) is 81.8 cm³/mol. The molecule has 2 rings (SSSR count). The van der Waals surface area contributed by atoms with Gasteiger partial charge in [0.25, 0.3) is 0 Å². The van der Waals surface area contributed by atoms with Crippen LogP contribution in [-0.4, -0.2) is 11.1 Å². The van der Waals surface area contributed by atoms with Crippen molar-refractivity contribution >= 4 is 5.91 Å². The molecule has 0 bridgehead atoms. The highest BCUT2D eigenvalue weighted by atomic mass is 19.1. The van der Waals surface area contributed by atoms with E-state index in [0.29, 0.717) is 5.76 Å². The molecule has 0 fully saturated rings. The number of benzene rings is 1. The minimum atomic E-state index is -0.284. The summed E-state index contributed by atoms with van der Waals surface area (Å²) in [5.41, 5.74) is 2.44. The fourth-order valence-corrected chi connectivity index (χ4v) is 2.44. The van der Waals surface area contributed by atoms with Gasteiger partial charge in [0.05, 0.1) is 18.2 Å². The molecule has 5 heteroatoms. The van der Waals surface area contributed by atoms with Gasteiger partial charge in [0.2, 0.25) is 5.91 Å². The highest BCUT2D eigenvalue weighted by Gasteiger charge is 2.20. The highest BCUT2D eigenvalue weighted by molar-refractivity contribution is 5.79. The molecule has 0 aliphatic carbocycles. The first-order valence-corrected chi connectivity index (χ1v) is 7.35. The van der Waals surface area contributed by atoms with Crippen molar-refractivity contribution in [2.45, 2.75) is 40.2 Å². The van der Waals surface area contributed by atoms with E-state index in [9.17, 15) is 9.18 Å². The predicted octanol–water partition coefficient (Wildman–Crippen LogP) is 3.49. The number of aryl methyl sites for hydroxylation is 2. The van der Waals surface area contributed by atoms with E-state index in [1.165, 1.54) is 12.1 Å². The van der Waals surface area contributed by atoms with Crippen molar-refractivity contribution in [1.29, 1.82) is 0 Å². The monoisotopic (exact) mass is 304 g/mol. The van der Waals surface area contributed by atoms with E-state index in [-0.39, 0.29) is 30.1 Å². The van der Waals surface area contributed by atoms with Crippen LogP contribution in [0.3, 0.4) is 0 Å². The van der Waals surface area contributed by atoms with E-state index in [1.807, 2.05) is 20.8 Å². The van der Waals surface area contributed by atoms with Crippen LogP contribution in [0, 0.1) is 25.6 Å². The maximum absolute atomic E-state index is 13.0. The lowest BCUT2D eigenvalue weighted by molar-refractivity contribution is -0.121. The average molecular weight is 304 g/mol. The number of carbonyl (C=O) groups is 1. The topological polar surface area (TPSA) is 55.1 Å². The first-order valence-electron chi connectivity index (χ1n) is 7.35. The molecule has 2 aromatic rings. The molecule has 4 nitrogen and oxygen atoms in total. The molecule has 1 aromatic carbocycles. The molecular formula is C17H21FN2O2. The van der Waals surface area contributed by atoms with Gasteiger partial charge in [-0.1, -0.05) is 31.1 Å². The van der Waals surface area contributed by atoms with Gasteiger partial charge < -0.3 is 9.84 Å². The Labute approximate surface area is 129 Å². The lowest BCUT2D eigenvalue weighted by Crippen LogP contribution is -2.33. The summed E-state index contributed by atoms with van der Waals surface area (Å²) in [6.07, 6.45) is 0.228. The standard InChI is InChI=1S/C17H21FN2O2/c1-10(2)17(13-5-7-14(18)8-6-13)19-16(21)9-15-11(3)20-22-12(15)4/h5-8,10,17H,9H2,1-4H3,(H,19,21)/t17-/m1/s1. The number of amides is 1. The second kappa shape index (κ2) is 6.73. The Kier molecular flexibility index (Phi) is 4.96. The SMILES string of the molecule is Cc1noc(C)c1CC(=O)N[C@@H](c1ccc(F)cc1)C(C)C. The maximum Gasteiger partial charge on any atom is 0.225 e. The molecule has 1 aromatic heterocycles. The van der Waals surface area contributed by atoms with Crippen LogP contribution in [0.25, 0.3) is 0 Å². The van der Waals surface area contributed by atoms with Crippen LogP contribution in [0.4, 0.5) is 4.39 Å². The summed E-state index contributed by atoms with van der Waals surface area (Å²) in [5.74, 6) is 0.473. The zero-order valence-corrected chi connectivity index (χ0v) is 13.3. The fraction of sp³-hybridized carbons (Fsp3) is 0.412. The van der Waals surface area contributed by atoms with Crippen LogP contribution in [0.15, 0.2) is 28.8 Å². The number of carbonyl (C=O) groups excluding carboxylic acids is 1. The Morgan fingerprint density at radius 1 is 1.27 bits per heavy atom. The smallest absolute Gasteiger partial charge is 0.225 e. The van der Waals surface area contributed by atoms with Crippen LogP contribution in [0.5, 0.6) is 0 Å². The Morgan fingerprint density at radius 2 is 1.91 bits per heavy atom. The van der Waals surface area contributed by atoms with Gasteiger partial charge in [-0.05, 0) is 37.5 Å². The molecule has 0 aliphatic heterocycles. The second-order valence-corrected chi connectivity index (χ2v) is 5.82. The summed E-state index contributed by atoms with van der Waals surface area (Å²) in [4.78, 5) is 12.3. The molecule has 0 unspecified atom stereocenters. The van der Waals surface area contributed by atoms with Gasteiger partial charge in [0.1, 0.15) is 11.6 Å². The largest absolute Gasteiger partial charge is 0.361 e. The van der Waals surface area contributed by atoms with Gasteiger partial charge in [-0.15, -0.1) is 0 Å². The third kappa shape index (κ3) is 3.72. The van der Waals surface area contributed by atoms with Crippen LogP contribution in [0.2, 0.25) is 0 Å². The number of hydrogen-bond donors (Lipinski definition) is 1. The number of nitrogens with zero attached hydrogens (tertiary/aromatic N) is 1. The summed E-state index contributed by atoms with van der Waals surface area (Å²) in [7, 11) is 0. The maximum atomic E-state index is 13.0. The van der Waals surface area contributed by atoms with Crippen molar-refractivity contribution in [2.75, 3.05) is 0 Å². The molecule has 1 N–H and O–H groups in total. The number of hydrogen-bond acceptors (Lipinski definition) is 3. The normalized spacial score (nSPS) is 12.5. The van der Waals surface area contributed by atoms with Gasteiger partial charge >= 0.3 is 0 Å². The lowest BCUT2D eigenvalue weighted by atomic mass is 9.95. The van der Waals surface area contributed by atoms with E-state index >= 15 is 0 Å². The van der Waals surface area contributed by atoms with E-state index < -0.39 is 0 Å². The van der Waals surface area contributed by atoms with Crippen LogP contribution in [0.1, 0.15) is 42.5 Å². The van der Waals surface area contributed by atoms with Gasteiger partial charge in [-0.3, -0.25) is 4.79 Å². The van der Waals surface area contributed by atoms with Crippen LogP contribution < -0.4 is 5.32 Å². The van der Waals surface area contributed by atoms with E-state index in [1.54, 1.807) is 19.1 Å². The van der Waals surface area contributed by atoms with Gasteiger partial charge in [-0.2, -0.15) is 0 Å². The Hall–Kier alpha value is -2.17. The molecule has 0 saturated carbocycles. The zero-order chi connectivity index (χ0) is 16.3. The summed E-state index contributed by atoms with van der Waals surface area (Å²) >= 11 is 0. The number of rotatable bonds is 5. The molecule has 0 aliphatic rings. The quantitative estimate of drug-likeness (QED) is 0.920. The van der Waals surface area contributed by atoms with Gasteiger partial charge in [-0.25, -0.2) is 4.39 Å². The molecule has 1 amide bonds. The molecule has 118 valence electrons. The number of halogens is 1. The first kappa shape index (κ1) is 16.2. The summed E-state index contributed by atoms with van der Waals surface area (Å²) in [6.45, 7) is 7.65. The van der Waals surface area contributed by atoms with Crippen LogP contribution in [-0.2, 0) is 11.2 Å². The summed E-state index contributed by atoms with van der Waals surface area (Å²) < 4.78 is 18.1. The molecule has 0 radical (unpaired) electrons. The summed E-state index contributed by atoms with van der Waals surface area (Å²) in [6, 6.07) is 6.07. The minimum Gasteiger partial charge on any atom is -0.361 e. The minimum absolute atomic E-state index is 0.0996. The fourth-order valence-electron chi connectivity index (χ4n) is 2.44. The van der Waals surface area contributed by atoms with Crippen molar-refractivity contribution in [2.24, 2.45) is 5.92 Å².